The average molecular weight is 272 g/mol. The van der Waals surface area contributed by atoms with Gasteiger partial charge in [-0.2, -0.15) is 0 Å². The number of allylic oxidation sites excluding steroid dienone is 4. The summed E-state index contributed by atoms with van der Waals surface area (Å²) in [6.45, 7) is 4.83. The highest BCUT2D eigenvalue weighted by Gasteiger charge is 1.96. The molecule has 0 saturated heterocycles. The Morgan fingerprint density at radius 2 is 1.95 bits per heavy atom. The van der Waals surface area contributed by atoms with Crippen molar-refractivity contribution in [3.8, 4) is 0 Å². The molecule has 0 aliphatic carbocycles. The van der Waals surface area contributed by atoms with E-state index in [0.717, 1.165) is 11.3 Å². The third kappa shape index (κ3) is 5.33. The Morgan fingerprint density at radius 3 is 2.50 bits per heavy atom. The third-order valence-corrected chi connectivity index (χ3v) is 2.99. The maximum Gasteiger partial charge on any atom is 0.0603 e. The molecular weight excluding hydrogens is 248 g/mol. The van der Waals surface area contributed by atoms with Gasteiger partial charge in [-0.25, -0.2) is 0 Å². The van der Waals surface area contributed by atoms with Gasteiger partial charge in [0.1, 0.15) is 0 Å². The summed E-state index contributed by atoms with van der Waals surface area (Å²) >= 11 is 0. The molecule has 0 aliphatic heterocycles. The molecule has 0 unspecified atom stereocenters. The number of rotatable bonds is 7. The van der Waals surface area contributed by atoms with Gasteiger partial charge in [-0.15, -0.1) is 0 Å². The van der Waals surface area contributed by atoms with Crippen molar-refractivity contribution >= 4 is 11.8 Å². The van der Waals surface area contributed by atoms with Crippen molar-refractivity contribution in [3.63, 3.8) is 0 Å². The Kier molecular flexibility index (Phi) is 7.22. The molecule has 0 aromatic heterocycles. The fraction of sp³-hybridized carbons (Fsp3) is 0.294. The van der Waals surface area contributed by atoms with Gasteiger partial charge >= 0.3 is 0 Å². The summed E-state index contributed by atoms with van der Waals surface area (Å²) in [5.41, 5.74) is 4.65. The van der Waals surface area contributed by atoms with Crippen molar-refractivity contribution < 1.29 is 5.11 Å². The average Bonchev–Trinajstić information content (AvgIpc) is 2.48. The Bertz CT molecular complexity index is 484. The molecule has 1 aromatic carbocycles. The number of benzene rings is 1. The molecule has 3 heteroatoms. The lowest BCUT2D eigenvalue weighted by Gasteiger charge is -2.05. The SMILES string of the molecule is CC=C(C=CNCCO)C(C)=Cc1ccc(NC)cc1. The van der Waals surface area contributed by atoms with Crippen LogP contribution in [0.15, 0.2) is 53.8 Å². The lowest BCUT2D eigenvalue weighted by molar-refractivity contribution is 0.298. The number of aliphatic hydroxyl groups excluding tert-OH is 1. The first-order valence-electron chi connectivity index (χ1n) is 6.85. The van der Waals surface area contributed by atoms with E-state index in [9.17, 15) is 0 Å². The number of nitrogens with one attached hydrogen (secondary N) is 2. The fourth-order valence-corrected chi connectivity index (χ4v) is 1.83. The predicted molar refractivity (Wildman–Crippen MR) is 87.6 cm³/mol. The topological polar surface area (TPSA) is 44.3 Å². The minimum absolute atomic E-state index is 0.141. The highest BCUT2D eigenvalue weighted by Crippen LogP contribution is 2.17. The van der Waals surface area contributed by atoms with Gasteiger partial charge in [-0.1, -0.05) is 24.3 Å². The van der Waals surface area contributed by atoms with Crippen LogP contribution in [0.1, 0.15) is 19.4 Å². The molecule has 0 atom stereocenters. The normalized spacial score (nSPS) is 12.8. The van der Waals surface area contributed by atoms with Gasteiger partial charge < -0.3 is 15.7 Å². The highest BCUT2D eigenvalue weighted by atomic mass is 16.3. The minimum atomic E-state index is 0.141. The van der Waals surface area contributed by atoms with Crippen molar-refractivity contribution in [1.82, 2.24) is 5.32 Å². The van der Waals surface area contributed by atoms with Gasteiger partial charge in [0.25, 0.3) is 0 Å². The molecule has 3 nitrogen and oxygen atoms in total. The van der Waals surface area contributed by atoms with Gasteiger partial charge in [0.15, 0.2) is 0 Å². The summed E-state index contributed by atoms with van der Waals surface area (Å²) < 4.78 is 0. The summed E-state index contributed by atoms with van der Waals surface area (Å²) in [6.07, 6.45) is 8.12. The maximum absolute atomic E-state index is 8.71. The number of hydrogen-bond acceptors (Lipinski definition) is 3. The molecule has 0 spiro atoms. The summed E-state index contributed by atoms with van der Waals surface area (Å²) in [4.78, 5) is 0. The molecule has 3 N–H and O–H groups in total. The fourth-order valence-electron chi connectivity index (χ4n) is 1.83. The molecule has 0 bridgehead atoms. The Balaban J connectivity index is 2.76. The van der Waals surface area contributed by atoms with E-state index in [0.29, 0.717) is 6.54 Å². The molecule has 108 valence electrons. The summed E-state index contributed by atoms with van der Waals surface area (Å²) in [5.74, 6) is 0. The van der Waals surface area contributed by atoms with E-state index in [1.54, 1.807) is 0 Å². The number of anilines is 1. The van der Waals surface area contributed by atoms with E-state index in [1.165, 1.54) is 11.1 Å². The zero-order valence-electron chi connectivity index (χ0n) is 12.5. The number of aliphatic hydroxyl groups is 1. The van der Waals surface area contributed by atoms with Gasteiger partial charge in [0, 0.05) is 19.3 Å². The monoisotopic (exact) mass is 272 g/mol. The van der Waals surface area contributed by atoms with Crippen molar-refractivity contribution in [2.24, 2.45) is 0 Å². The van der Waals surface area contributed by atoms with Gasteiger partial charge in [0.05, 0.1) is 6.61 Å². The highest BCUT2D eigenvalue weighted by molar-refractivity contribution is 5.61. The van der Waals surface area contributed by atoms with E-state index in [-0.39, 0.29) is 6.61 Å². The minimum Gasteiger partial charge on any atom is -0.395 e. The Labute approximate surface area is 121 Å². The van der Waals surface area contributed by atoms with Crippen LogP contribution in [0.3, 0.4) is 0 Å². The summed E-state index contributed by atoms with van der Waals surface area (Å²) in [6, 6.07) is 8.31. The van der Waals surface area contributed by atoms with E-state index in [4.69, 9.17) is 5.11 Å². The van der Waals surface area contributed by atoms with Crippen molar-refractivity contribution in [3.05, 3.63) is 59.3 Å². The molecule has 20 heavy (non-hydrogen) atoms. The molecule has 0 saturated carbocycles. The lowest BCUT2D eigenvalue weighted by atomic mass is 10.0. The molecule has 0 heterocycles. The molecule has 0 aliphatic rings. The van der Waals surface area contributed by atoms with Crippen LogP contribution in [-0.4, -0.2) is 25.3 Å². The third-order valence-electron chi connectivity index (χ3n) is 2.99. The molecule has 0 amide bonds. The maximum atomic E-state index is 8.71. The standard InChI is InChI=1S/C17H24N2O/c1-4-16(9-10-19-11-12-20)14(2)13-15-5-7-17(18-3)8-6-15/h4-10,13,18-20H,11-12H2,1-3H3. The first-order chi connectivity index (χ1) is 9.71. The zero-order valence-corrected chi connectivity index (χ0v) is 12.5. The second-order valence-electron chi connectivity index (χ2n) is 4.45. The van der Waals surface area contributed by atoms with Crippen LogP contribution in [0.5, 0.6) is 0 Å². The lowest BCUT2D eigenvalue weighted by Crippen LogP contribution is -2.10. The van der Waals surface area contributed by atoms with Gasteiger partial charge in [0.2, 0.25) is 0 Å². The van der Waals surface area contributed by atoms with E-state index < -0.39 is 0 Å². The smallest absolute Gasteiger partial charge is 0.0603 e. The molecule has 1 aromatic rings. The second-order valence-corrected chi connectivity index (χ2v) is 4.45. The van der Waals surface area contributed by atoms with Crippen LogP contribution in [0.4, 0.5) is 5.69 Å². The van der Waals surface area contributed by atoms with Crippen LogP contribution in [-0.2, 0) is 0 Å². The van der Waals surface area contributed by atoms with Crippen molar-refractivity contribution in [2.45, 2.75) is 13.8 Å². The van der Waals surface area contributed by atoms with Crippen LogP contribution in [0.25, 0.3) is 6.08 Å². The van der Waals surface area contributed by atoms with E-state index in [1.807, 2.05) is 26.2 Å². The molecule has 0 radical (unpaired) electrons. The van der Waals surface area contributed by atoms with Gasteiger partial charge in [-0.05, 0) is 55.0 Å². The van der Waals surface area contributed by atoms with Crippen LogP contribution < -0.4 is 10.6 Å². The van der Waals surface area contributed by atoms with E-state index in [2.05, 4.69) is 54.0 Å². The molecule has 0 fully saturated rings. The van der Waals surface area contributed by atoms with Gasteiger partial charge in [-0.3, -0.25) is 0 Å². The first-order valence-corrected chi connectivity index (χ1v) is 6.85. The van der Waals surface area contributed by atoms with Crippen LogP contribution in [0, 0.1) is 0 Å². The zero-order chi connectivity index (χ0) is 14.8. The van der Waals surface area contributed by atoms with Crippen molar-refractivity contribution in [2.75, 3.05) is 25.5 Å². The largest absolute Gasteiger partial charge is 0.395 e. The second kappa shape index (κ2) is 8.99. The molecular formula is C17H24N2O. The summed E-state index contributed by atoms with van der Waals surface area (Å²) in [7, 11) is 1.91. The van der Waals surface area contributed by atoms with Crippen molar-refractivity contribution in [1.29, 1.82) is 0 Å². The summed E-state index contributed by atoms with van der Waals surface area (Å²) in [5, 5.41) is 14.8. The quantitative estimate of drug-likeness (QED) is 0.527. The Hall–Kier alpha value is -2.00. The first kappa shape index (κ1) is 16.1. The number of hydrogen-bond donors (Lipinski definition) is 3. The van der Waals surface area contributed by atoms with Crippen LogP contribution in [0.2, 0.25) is 0 Å². The Morgan fingerprint density at radius 1 is 1.25 bits per heavy atom. The molecule has 1 rings (SSSR count). The van der Waals surface area contributed by atoms with E-state index >= 15 is 0 Å². The predicted octanol–water partition coefficient (Wildman–Crippen LogP) is 3.17. The van der Waals surface area contributed by atoms with Crippen LogP contribution >= 0.6 is 0 Å².